The van der Waals surface area contributed by atoms with Gasteiger partial charge in [-0.2, -0.15) is 0 Å². The normalized spacial score (nSPS) is 12.4. The summed E-state index contributed by atoms with van der Waals surface area (Å²) in [5.41, 5.74) is 19.7. The minimum Gasteiger partial charge on any atom is -0.309 e. The van der Waals surface area contributed by atoms with Crippen LogP contribution in [0.15, 0.2) is 285 Å². The van der Waals surface area contributed by atoms with E-state index in [1.165, 1.54) is 88.3 Å². The van der Waals surface area contributed by atoms with Crippen LogP contribution in [0.1, 0.15) is 22.3 Å². The van der Waals surface area contributed by atoms with Crippen molar-refractivity contribution in [2.75, 3.05) is 4.90 Å². The van der Waals surface area contributed by atoms with Gasteiger partial charge in [0.15, 0.2) is 0 Å². The smallest absolute Gasteiger partial charge is 0.0714 e. The van der Waals surface area contributed by atoms with E-state index in [2.05, 4.69) is 290 Å². The van der Waals surface area contributed by atoms with Crippen LogP contribution in [0.4, 0.5) is 17.1 Å². The molecule has 0 atom stereocenters. The van der Waals surface area contributed by atoms with Gasteiger partial charge in [0, 0.05) is 22.3 Å². The highest BCUT2D eigenvalue weighted by atomic mass is 15.1. The van der Waals surface area contributed by atoms with Crippen molar-refractivity contribution in [2.45, 2.75) is 5.41 Å². The van der Waals surface area contributed by atoms with Gasteiger partial charge in [-0.1, -0.05) is 261 Å². The minimum absolute atomic E-state index is 0.575. The molecule has 0 bridgehead atoms. The lowest BCUT2D eigenvalue weighted by Crippen LogP contribution is -2.28. The maximum absolute atomic E-state index is 2.56. The second kappa shape index (κ2) is 17.2. The Balaban J connectivity index is 1.12. The molecule has 13 rings (SSSR count). The van der Waals surface area contributed by atoms with Gasteiger partial charge in [-0.05, 0) is 113 Å². The van der Waals surface area contributed by atoms with Gasteiger partial charge < -0.3 is 4.90 Å². The lowest BCUT2D eigenvalue weighted by molar-refractivity contribution is 0.768. The Hall–Kier alpha value is -9.04. The third-order valence-electron chi connectivity index (χ3n) is 14.5. The van der Waals surface area contributed by atoms with Crippen LogP contribution in [-0.2, 0) is 5.41 Å². The van der Waals surface area contributed by atoms with Gasteiger partial charge in [0.1, 0.15) is 0 Å². The number of nitrogens with zero attached hydrogens (tertiary/aromatic N) is 1. The van der Waals surface area contributed by atoms with E-state index in [0.717, 1.165) is 28.2 Å². The summed E-state index contributed by atoms with van der Waals surface area (Å²) in [6.07, 6.45) is 0. The Labute approximate surface area is 409 Å². The molecule has 1 nitrogen and oxygen atoms in total. The molecular formula is C69H47N. The lowest BCUT2D eigenvalue weighted by Gasteiger charge is -2.36. The summed E-state index contributed by atoms with van der Waals surface area (Å²) >= 11 is 0. The fraction of sp³-hybridized carbons (Fsp3) is 0.0145. The van der Waals surface area contributed by atoms with Crippen LogP contribution in [0.25, 0.3) is 77.2 Å². The molecule has 0 fully saturated rings. The van der Waals surface area contributed by atoms with Crippen molar-refractivity contribution in [3.63, 3.8) is 0 Å². The second-order valence-corrected chi connectivity index (χ2v) is 18.3. The van der Waals surface area contributed by atoms with E-state index < -0.39 is 5.41 Å². The zero-order valence-electron chi connectivity index (χ0n) is 38.6. The molecule has 0 aromatic heterocycles. The maximum atomic E-state index is 2.56. The molecule has 1 aliphatic carbocycles. The third kappa shape index (κ3) is 6.70. The predicted molar refractivity (Wildman–Crippen MR) is 295 cm³/mol. The molecule has 1 heteroatoms. The molecule has 0 spiro atoms. The van der Waals surface area contributed by atoms with Gasteiger partial charge in [-0.25, -0.2) is 0 Å². The number of benzene rings is 12. The van der Waals surface area contributed by atoms with Crippen molar-refractivity contribution in [1.29, 1.82) is 0 Å². The first-order valence-electron chi connectivity index (χ1n) is 24.3. The van der Waals surface area contributed by atoms with Crippen LogP contribution in [-0.4, -0.2) is 0 Å². The zero-order chi connectivity index (χ0) is 46.4. The molecule has 12 aromatic carbocycles. The summed E-state index contributed by atoms with van der Waals surface area (Å²) in [6.45, 7) is 0. The number of fused-ring (bicyclic) bond motifs is 6. The molecule has 12 aromatic rings. The molecule has 70 heavy (non-hydrogen) atoms. The molecule has 0 amide bonds. The first kappa shape index (κ1) is 41.2. The van der Waals surface area contributed by atoms with E-state index in [9.17, 15) is 0 Å². The molecule has 0 heterocycles. The summed E-state index contributed by atoms with van der Waals surface area (Å²) < 4.78 is 0. The van der Waals surface area contributed by atoms with Gasteiger partial charge in [0.2, 0.25) is 0 Å². The van der Waals surface area contributed by atoms with Crippen molar-refractivity contribution in [1.82, 2.24) is 0 Å². The van der Waals surface area contributed by atoms with Crippen molar-refractivity contribution in [2.24, 2.45) is 0 Å². The Morgan fingerprint density at radius 1 is 0.243 bits per heavy atom. The average molecular weight is 890 g/mol. The first-order chi connectivity index (χ1) is 34.8. The van der Waals surface area contributed by atoms with Gasteiger partial charge in [-0.15, -0.1) is 0 Å². The van der Waals surface area contributed by atoms with E-state index >= 15 is 0 Å². The highest BCUT2D eigenvalue weighted by Gasteiger charge is 2.46. The largest absolute Gasteiger partial charge is 0.309 e. The fourth-order valence-corrected chi connectivity index (χ4v) is 11.5. The zero-order valence-corrected chi connectivity index (χ0v) is 38.6. The van der Waals surface area contributed by atoms with Crippen LogP contribution in [0.5, 0.6) is 0 Å². The van der Waals surface area contributed by atoms with Crippen LogP contribution in [0.3, 0.4) is 0 Å². The molecule has 0 N–H and O–H groups in total. The number of anilines is 3. The summed E-state index contributed by atoms with van der Waals surface area (Å²) in [6, 6.07) is 105. The molecular weight excluding hydrogens is 843 g/mol. The maximum Gasteiger partial charge on any atom is 0.0714 e. The van der Waals surface area contributed by atoms with Gasteiger partial charge in [0.25, 0.3) is 0 Å². The fourth-order valence-electron chi connectivity index (χ4n) is 11.5. The molecule has 0 radical (unpaired) electrons. The van der Waals surface area contributed by atoms with Crippen molar-refractivity contribution < 1.29 is 0 Å². The highest BCUT2D eigenvalue weighted by Crippen LogP contribution is 2.57. The summed E-state index contributed by atoms with van der Waals surface area (Å²) in [4.78, 5) is 2.56. The molecule has 0 saturated heterocycles. The Morgan fingerprint density at radius 3 is 1.33 bits per heavy atom. The summed E-state index contributed by atoms with van der Waals surface area (Å²) in [5, 5.41) is 4.84. The van der Waals surface area contributed by atoms with Crippen molar-refractivity contribution in [3.8, 4) is 55.6 Å². The molecule has 0 saturated carbocycles. The quantitative estimate of drug-likeness (QED) is 0.131. The SMILES string of the molecule is c1ccc(-c2ccc(-c3ccc(N(c4cccc(C5(c6ccccc6)c6ccccc6-c6ccccc65)c4)c4c(-c5ccccc5)c5ccccc5c5ccccc45)cc3-c3ccccc3)cc2)cc1. The Bertz CT molecular complexity index is 3810. The van der Waals surface area contributed by atoms with Crippen LogP contribution < -0.4 is 4.90 Å². The Kier molecular flexibility index (Phi) is 10.1. The van der Waals surface area contributed by atoms with E-state index in [-0.39, 0.29) is 0 Å². The molecule has 0 aliphatic heterocycles. The van der Waals surface area contributed by atoms with Crippen LogP contribution in [0, 0.1) is 0 Å². The van der Waals surface area contributed by atoms with Crippen molar-refractivity contribution in [3.05, 3.63) is 307 Å². The van der Waals surface area contributed by atoms with Gasteiger partial charge in [-0.3, -0.25) is 0 Å². The van der Waals surface area contributed by atoms with E-state index in [1.54, 1.807) is 0 Å². The Morgan fingerprint density at radius 2 is 0.686 bits per heavy atom. The minimum atomic E-state index is -0.575. The number of hydrogen-bond donors (Lipinski definition) is 0. The van der Waals surface area contributed by atoms with Crippen LogP contribution >= 0.6 is 0 Å². The third-order valence-corrected chi connectivity index (χ3v) is 14.5. The molecule has 328 valence electrons. The van der Waals surface area contributed by atoms with Crippen molar-refractivity contribution >= 4 is 38.6 Å². The predicted octanol–water partition coefficient (Wildman–Crippen LogP) is 18.5. The van der Waals surface area contributed by atoms with Gasteiger partial charge >= 0.3 is 0 Å². The average Bonchev–Trinajstić information content (AvgIpc) is 3.75. The monoisotopic (exact) mass is 889 g/mol. The molecule has 1 aliphatic rings. The topological polar surface area (TPSA) is 3.24 Å². The van der Waals surface area contributed by atoms with Gasteiger partial charge in [0.05, 0.1) is 11.1 Å². The number of hydrogen-bond acceptors (Lipinski definition) is 1. The first-order valence-corrected chi connectivity index (χ1v) is 24.3. The van der Waals surface area contributed by atoms with E-state index in [0.29, 0.717) is 0 Å². The van der Waals surface area contributed by atoms with Crippen LogP contribution in [0.2, 0.25) is 0 Å². The number of rotatable bonds is 9. The van der Waals surface area contributed by atoms with E-state index in [1.807, 2.05) is 0 Å². The van der Waals surface area contributed by atoms with E-state index in [4.69, 9.17) is 0 Å². The standard InChI is InChI=1S/C69H47N/c1-5-22-48(23-6-1)49-40-42-51(43-41-49)57-45-44-56(47-64(57)50-24-7-2-8-25-50)70(68-63-37-16-14-33-59(63)58-32-13-15-36-62(58)67(68)52-26-9-3-10-27-52)55-31-21-30-54(46-55)69(53-28-11-4-12-29-53)65-38-19-17-34-60(65)61-35-18-20-39-66(61)69/h1-47H. The highest BCUT2D eigenvalue weighted by molar-refractivity contribution is 6.22. The summed E-state index contributed by atoms with van der Waals surface area (Å²) in [7, 11) is 0. The second-order valence-electron chi connectivity index (χ2n) is 18.3. The summed E-state index contributed by atoms with van der Waals surface area (Å²) in [5.74, 6) is 0. The lowest BCUT2D eigenvalue weighted by atomic mass is 9.67. The molecule has 0 unspecified atom stereocenters.